The zero-order valence-corrected chi connectivity index (χ0v) is 12.6. The minimum absolute atomic E-state index is 0.0629. The average Bonchev–Trinajstić information content (AvgIpc) is 3.10. The van der Waals surface area contributed by atoms with Crippen LogP contribution < -0.4 is 5.73 Å². The highest BCUT2D eigenvalue weighted by Crippen LogP contribution is 2.22. The topological polar surface area (TPSA) is 64.2 Å². The van der Waals surface area contributed by atoms with Gasteiger partial charge in [-0.1, -0.05) is 30.3 Å². The van der Waals surface area contributed by atoms with Gasteiger partial charge in [-0.2, -0.15) is 0 Å². The van der Waals surface area contributed by atoms with Crippen LogP contribution in [0.5, 0.6) is 0 Å². The number of amides is 1. The fraction of sp³-hybridized carbons (Fsp3) is 0.412. The Kier molecular flexibility index (Phi) is 4.53. The van der Waals surface area contributed by atoms with E-state index >= 15 is 0 Å². The van der Waals surface area contributed by atoms with E-state index in [4.69, 9.17) is 5.73 Å². The second-order valence-corrected chi connectivity index (χ2v) is 5.86. The largest absolute Gasteiger partial charge is 0.341 e. The van der Waals surface area contributed by atoms with Crippen LogP contribution in [0.2, 0.25) is 0 Å². The van der Waals surface area contributed by atoms with Gasteiger partial charge in [0.15, 0.2) is 0 Å². The van der Waals surface area contributed by atoms with Crippen LogP contribution in [0.4, 0.5) is 0 Å². The second kappa shape index (κ2) is 6.75. The molecule has 1 unspecified atom stereocenters. The average molecular weight is 298 g/mol. The molecular formula is C17H22N4O. The Balaban J connectivity index is 1.53. The number of nitrogens with zero attached hydrogens (tertiary/aromatic N) is 3. The highest BCUT2D eigenvalue weighted by atomic mass is 16.2. The third-order valence-corrected chi connectivity index (χ3v) is 4.34. The molecule has 1 aromatic carbocycles. The number of imidazole rings is 1. The molecular weight excluding hydrogens is 276 g/mol. The summed E-state index contributed by atoms with van der Waals surface area (Å²) in [5, 5.41) is 0. The molecule has 3 rings (SSSR count). The van der Waals surface area contributed by atoms with Crippen LogP contribution in [-0.4, -0.2) is 39.5 Å². The zero-order valence-electron chi connectivity index (χ0n) is 12.6. The van der Waals surface area contributed by atoms with Crippen molar-refractivity contribution in [3.63, 3.8) is 0 Å². The van der Waals surface area contributed by atoms with Crippen molar-refractivity contribution in [2.75, 3.05) is 13.1 Å². The van der Waals surface area contributed by atoms with Crippen molar-refractivity contribution in [3.05, 3.63) is 54.6 Å². The molecule has 0 radical (unpaired) electrons. The van der Waals surface area contributed by atoms with Crippen LogP contribution in [0, 0.1) is 0 Å². The van der Waals surface area contributed by atoms with E-state index in [-0.39, 0.29) is 5.91 Å². The van der Waals surface area contributed by atoms with E-state index < -0.39 is 6.04 Å². The number of nitrogens with two attached hydrogens (primary N) is 1. The van der Waals surface area contributed by atoms with Gasteiger partial charge in [-0.05, 0) is 24.8 Å². The highest BCUT2D eigenvalue weighted by molar-refractivity contribution is 5.82. The lowest BCUT2D eigenvalue weighted by Gasteiger charge is -2.34. The van der Waals surface area contributed by atoms with Crippen molar-refractivity contribution in [2.45, 2.75) is 31.3 Å². The lowest BCUT2D eigenvalue weighted by Crippen LogP contribution is -2.48. The van der Waals surface area contributed by atoms with Gasteiger partial charge in [0.1, 0.15) is 0 Å². The van der Waals surface area contributed by atoms with E-state index in [0.29, 0.717) is 12.5 Å². The van der Waals surface area contributed by atoms with E-state index in [1.54, 1.807) is 6.20 Å². The Hall–Kier alpha value is -2.14. The number of hydrogen-bond donors (Lipinski definition) is 1. The quantitative estimate of drug-likeness (QED) is 0.933. The zero-order chi connectivity index (χ0) is 15.4. The maximum atomic E-state index is 12.5. The molecule has 0 spiro atoms. The smallest absolute Gasteiger partial charge is 0.239 e. The fourth-order valence-electron chi connectivity index (χ4n) is 3.06. The number of rotatable bonds is 4. The normalized spacial score (nSPS) is 17.4. The lowest BCUT2D eigenvalue weighted by atomic mass is 10.0. The van der Waals surface area contributed by atoms with Crippen LogP contribution in [0.25, 0.3) is 0 Å². The molecule has 5 nitrogen and oxygen atoms in total. The first-order valence-corrected chi connectivity index (χ1v) is 7.80. The molecule has 1 atom stereocenters. The number of carbonyl (C=O) groups is 1. The molecule has 2 heterocycles. The number of piperidine rings is 1. The summed E-state index contributed by atoms with van der Waals surface area (Å²) in [6.07, 6.45) is 8.15. The molecule has 1 saturated heterocycles. The first kappa shape index (κ1) is 14.8. The van der Waals surface area contributed by atoms with Crippen molar-refractivity contribution in [2.24, 2.45) is 5.73 Å². The van der Waals surface area contributed by atoms with Gasteiger partial charge in [-0.3, -0.25) is 4.79 Å². The van der Waals surface area contributed by atoms with E-state index in [2.05, 4.69) is 9.55 Å². The van der Waals surface area contributed by atoms with E-state index in [1.807, 2.05) is 47.8 Å². The molecule has 0 saturated carbocycles. The minimum Gasteiger partial charge on any atom is -0.341 e. The van der Waals surface area contributed by atoms with Gasteiger partial charge in [0.05, 0.1) is 12.4 Å². The lowest BCUT2D eigenvalue weighted by molar-refractivity contribution is -0.133. The van der Waals surface area contributed by atoms with Gasteiger partial charge in [0, 0.05) is 31.5 Å². The molecule has 2 aromatic rings. The van der Waals surface area contributed by atoms with E-state index in [1.165, 1.54) is 0 Å². The highest BCUT2D eigenvalue weighted by Gasteiger charge is 2.26. The monoisotopic (exact) mass is 298 g/mol. The summed E-state index contributed by atoms with van der Waals surface area (Å²) >= 11 is 0. The van der Waals surface area contributed by atoms with Crippen molar-refractivity contribution in [3.8, 4) is 0 Å². The first-order chi connectivity index (χ1) is 10.7. The van der Waals surface area contributed by atoms with Gasteiger partial charge in [-0.15, -0.1) is 0 Å². The maximum absolute atomic E-state index is 12.5. The molecule has 2 N–H and O–H groups in total. The van der Waals surface area contributed by atoms with Crippen LogP contribution in [0.15, 0.2) is 49.1 Å². The van der Waals surface area contributed by atoms with Gasteiger partial charge < -0.3 is 15.2 Å². The van der Waals surface area contributed by atoms with E-state index in [0.717, 1.165) is 31.5 Å². The summed E-state index contributed by atoms with van der Waals surface area (Å²) < 4.78 is 2.13. The van der Waals surface area contributed by atoms with Crippen molar-refractivity contribution >= 4 is 5.91 Å². The number of carbonyl (C=O) groups excluding carboxylic acids is 1. The number of hydrogen-bond acceptors (Lipinski definition) is 3. The molecule has 0 aliphatic carbocycles. The number of aromatic nitrogens is 2. The molecule has 1 aliphatic heterocycles. The SMILES string of the molecule is NC(Cc1ccccc1)C(=O)N1CCC(n2ccnc2)CC1. The number of likely N-dealkylation sites (tertiary alicyclic amines) is 1. The molecule has 1 fully saturated rings. The van der Waals surface area contributed by atoms with Crippen LogP contribution in [0.3, 0.4) is 0 Å². The Morgan fingerprint density at radius 3 is 2.64 bits per heavy atom. The van der Waals surface area contributed by atoms with Gasteiger partial charge in [0.25, 0.3) is 0 Å². The summed E-state index contributed by atoms with van der Waals surface area (Å²) in [5.41, 5.74) is 7.21. The molecule has 1 amide bonds. The Morgan fingerprint density at radius 2 is 2.00 bits per heavy atom. The predicted octanol–water partition coefficient (Wildman–Crippen LogP) is 1.62. The second-order valence-electron chi connectivity index (χ2n) is 5.86. The molecule has 116 valence electrons. The Labute approximate surface area is 130 Å². The van der Waals surface area contributed by atoms with Crippen LogP contribution in [0.1, 0.15) is 24.4 Å². The Bertz CT molecular complexity index is 588. The van der Waals surface area contributed by atoms with Crippen molar-refractivity contribution < 1.29 is 4.79 Å². The molecule has 5 heteroatoms. The van der Waals surface area contributed by atoms with Gasteiger partial charge in [0.2, 0.25) is 5.91 Å². The van der Waals surface area contributed by atoms with Gasteiger partial charge >= 0.3 is 0 Å². The fourth-order valence-corrected chi connectivity index (χ4v) is 3.06. The van der Waals surface area contributed by atoms with Crippen LogP contribution in [-0.2, 0) is 11.2 Å². The third kappa shape index (κ3) is 3.36. The molecule has 1 aliphatic rings. The van der Waals surface area contributed by atoms with Crippen molar-refractivity contribution in [1.29, 1.82) is 0 Å². The predicted molar refractivity (Wildman–Crippen MR) is 85.2 cm³/mol. The standard InChI is InChI=1S/C17H22N4O/c18-16(12-14-4-2-1-3-5-14)17(22)20-9-6-15(7-10-20)21-11-8-19-13-21/h1-5,8,11,13,15-16H,6-7,9-10,12,18H2. The maximum Gasteiger partial charge on any atom is 0.239 e. The van der Waals surface area contributed by atoms with Crippen LogP contribution >= 0.6 is 0 Å². The summed E-state index contributed by atoms with van der Waals surface area (Å²) in [6, 6.07) is 9.94. The summed E-state index contributed by atoms with van der Waals surface area (Å²) in [5.74, 6) is 0.0629. The molecule has 0 bridgehead atoms. The third-order valence-electron chi connectivity index (χ3n) is 4.34. The summed E-state index contributed by atoms with van der Waals surface area (Å²) in [6.45, 7) is 1.54. The minimum atomic E-state index is -0.452. The van der Waals surface area contributed by atoms with Gasteiger partial charge in [-0.25, -0.2) is 4.98 Å². The first-order valence-electron chi connectivity index (χ1n) is 7.80. The Morgan fingerprint density at radius 1 is 1.27 bits per heavy atom. The van der Waals surface area contributed by atoms with Crippen molar-refractivity contribution in [1.82, 2.24) is 14.5 Å². The molecule has 22 heavy (non-hydrogen) atoms. The number of benzene rings is 1. The van der Waals surface area contributed by atoms with E-state index in [9.17, 15) is 4.79 Å². The summed E-state index contributed by atoms with van der Waals surface area (Å²) in [4.78, 5) is 18.5. The summed E-state index contributed by atoms with van der Waals surface area (Å²) in [7, 11) is 0. The molecule has 1 aromatic heterocycles.